The topological polar surface area (TPSA) is 3.24 Å². The van der Waals surface area contributed by atoms with Crippen molar-refractivity contribution in [1.82, 2.24) is 0 Å². The summed E-state index contributed by atoms with van der Waals surface area (Å²) in [6.07, 6.45) is 0. The molecule has 0 fully saturated rings. The number of fused-ring (bicyclic) bond motifs is 4. The average molecular weight is 666 g/mol. The molecule has 51 heavy (non-hydrogen) atoms. The minimum atomic E-state index is -0.442. The normalized spacial score (nSPS) is 13.3. The molecule has 1 aliphatic carbocycles. The van der Waals surface area contributed by atoms with Gasteiger partial charge in [-0.05, 0) is 85.6 Å². The zero-order chi connectivity index (χ0) is 33.5. The lowest BCUT2D eigenvalue weighted by Crippen LogP contribution is -2.28. The molecule has 0 bridgehead atoms. The van der Waals surface area contributed by atoms with Gasteiger partial charge in [-0.3, -0.25) is 0 Å². The van der Waals surface area contributed by atoms with Crippen LogP contribution in [-0.4, -0.2) is 0 Å². The van der Waals surface area contributed by atoms with Crippen LogP contribution in [0.25, 0.3) is 52.5 Å². The van der Waals surface area contributed by atoms with Crippen molar-refractivity contribution in [2.45, 2.75) is 5.41 Å². The summed E-state index contributed by atoms with van der Waals surface area (Å²) in [5.41, 5.74) is 8.27. The largest absolute Gasteiger partial charge is 0.310 e. The smallest absolute Gasteiger partial charge is 0.0714 e. The highest BCUT2D eigenvalue weighted by molar-refractivity contribution is 7.25. The minimum Gasteiger partial charge on any atom is -0.310 e. The molecule has 2 heteroatoms. The Bertz CT molecular complexity index is 2910. The van der Waals surface area contributed by atoms with Crippen LogP contribution >= 0.6 is 11.3 Å². The summed E-state index contributed by atoms with van der Waals surface area (Å²) >= 11 is 1.87. The van der Waals surface area contributed by atoms with Gasteiger partial charge in [-0.1, -0.05) is 152 Å². The Morgan fingerprint density at radius 3 is 1.71 bits per heavy atom. The lowest BCUT2D eigenvalue weighted by Gasteiger charge is -2.35. The second kappa shape index (κ2) is 10.9. The van der Waals surface area contributed by atoms with Crippen LogP contribution in [-0.2, 0) is 5.41 Å². The van der Waals surface area contributed by atoms with E-state index < -0.39 is 5.41 Å². The van der Waals surface area contributed by atoms with Crippen molar-refractivity contribution in [1.29, 1.82) is 0 Å². The number of rotatable bonds is 5. The summed E-state index contributed by atoms with van der Waals surface area (Å²) in [5, 5.41) is 10.4. The summed E-state index contributed by atoms with van der Waals surface area (Å²) in [4.78, 5) is 2.44. The quantitative estimate of drug-likeness (QED) is 0.165. The van der Waals surface area contributed by atoms with Crippen LogP contribution in [0.2, 0.25) is 0 Å². The monoisotopic (exact) mass is 665 g/mol. The fourth-order valence-corrected chi connectivity index (χ4v) is 10.1. The zero-order valence-electron chi connectivity index (χ0n) is 27.8. The van der Waals surface area contributed by atoms with Crippen molar-refractivity contribution in [2.24, 2.45) is 0 Å². The van der Waals surface area contributed by atoms with E-state index in [1.807, 2.05) is 11.3 Å². The highest BCUT2D eigenvalue weighted by atomic mass is 32.1. The molecule has 0 spiro atoms. The van der Waals surface area contributed by atoms with E-state index in [9.17, 15) is 0 Å². The number of hydrogen-bond donors (Lipinski definition) is 0. The van der Waals surface area contributed by atoms with Gasteiger partial charge in [-0.15, -0.1) is 11.3 Å². The van der Waals surface area contributed by atoms with E-state index >= 15 is 0 Å². The third-order valence-electron chi connectivity index (χ3n) is 11.1. The van der Waals surface area contributed by atoms with Gasteiger partial charge in [-0.2, -0.15) is 0 Å². The van der Waals surface area contributed by atoms with Crippen LogP contribution in [0.15, 0.2) is 188 Å². The lowest BCUT2D eigenvalue weighted by molar-refractivity contribution is 0.771. The van der Waals surface area contributed by atoms with Crippen LogP contribution in [0.3, 0.4) is 0 Å². The van der Waals surface area contributed by atoms with Crippen molar-refractivity contribution in [3.63, 3.8) is 0 Å². The Kier molecular flexibility index (Phi) is 6.11. The Morgan fingerprint density at radius 2 is 0.941 bits per heavy atom. The second-order valence-electron chi connectivity index (χ2n) is 13.6. The SMILES string of the molecule is c1ccc(C2(c3ccc(N(c4ccc5c(c4)sc4ccccc45)c4cccc5ccccc45)cc3)c3cccc4ccc5cccc2c5c34)cc1. The van der Waals surface area contributed by atoms with Crippen LogP contribution < -0.4 is 4.90 Å². The molecule has 0 atom stereocenters. The molecule has 1 aromatic heterocycles. The molecule has 0 N–H and O–H groups in total. The second-order valence-corrected chi connectivity index (χ2v) is 14.7. The Morgan fingerprint density at radius 1 is 0.373 bits per heavy atom. The van der Waals surface area contributed by atoms with Crippen molar-refractivity contribution in [2.75, 3.05) is 4.90 Å². The van der Waals surface area contributed by atoms with Crippen LogP contribution in [0.5, 0.6) is 0 Å². The molecule has 9 aromatic carbocycles. The number of thiophene rings is 1. The van der Waals surface area contributed by atoms with E-state index in [2.05, 4.69) is 193 Å². The molecule has 0 aliphatic heterocycles. The van der Waals surface area contributed by atoms with Gasteiger partial charge in [0, 0.05) is 36.9 Å². The predicted molar refractivity (Wildman–Crippen MR) is 218 cm³/mol. The molecule has 0 unspecified atom stereocenters. The molecule has 0 radical (unpaired) electrons. The van der Waals surface area contributed by atoms with Gasteiger partial charge in [0.2, 0.25) is 0 Å². The third kappa shape index (κ3) is 4.03. The van der Waals surface area contributed by atoms with Gasteiger partial charge in [0.15, 0.2) is 0 Å². The van der Waals surface area contributed by atoms with Gasteiger partial charge in [-0.25, -0.2) is 0 Å². The van der Waals surface area contributed by atoms with E-state index in [0.717, 1.165) is 11.4 Å². The third-order valence-corrected chi connectivity index (χ3v) is 12.2. The Hall–Kier alpha value is -6.22. The fourth-order valence-electron chi connectivity index (χ4n) is 8.95. The Labute approximate surface area is 300 Å². The number of nitrogens with zero attached hydrogens (tertiary/aromatic N) is 1. The van der Waals surface area contributed by atoms with E-state index in [-0.39, 0.29) is 0 Å². The molecule has 11 rings (SSSR count). The summed E-state index contributed by atoms with van der Waals surface area (Å²) in [5.74, 6) is 0. The van der Waals surface area contributed by atoms with Crippen molar-refractivity contribution in [3.05, 3.63) is 210 Å². The molecule has 0 saturated carbocycles. The van der Waals surface area contributed by atoms with Gasteiger partial charge in [0.1, 0.15) is 0 Å². The van der Waals surface area contributed by atoms with E-state index in [1.165, 1.54) is 80.4 Å². The van der Waals surface area contributed by atoms with Crippen molar-refractivity contribution in [3.8, 4) is 0 Å². The highest BCUT2D eigenvalue weighted by Crippen LogP contribution is 2.56. The average Bonchev–Trinajstić information content (AvgIpc) is 3.72. The number of hydrogen-bond acceptors (Lipinski definition) is 2. The van der Waals surface area contributed by atoms with E-state index in [4.69, 9.17) is 0 Å². The maximum absolute atomic E-state index is 2.44. The van der Waals surface area contributed by atoms with Crippen molar-refractivity contribution >= 4 is 80.9 Å². The molecule has 1 nitrogen and oxygen atoms in total. The molecule has 1 aliphatic rings. The van der Waals surface area contributed by atoms with Crippen molar-refractivity contribution < 1.29 is 0 Å². The summed E-state index contributed by atoms with van der Waals surface area (Å²) in [6.45, 7) is 0. The standard InChI is InChI=1S/C49H31NS/c1-2-15-35(16-3-1)49(42-19-8-13-33-23-24-34-14-9-20-43(49)48(34)47(33)42)36-25-27-37(28-26-36)50(44-21-10-12-32-11-4-5-17-39(32)44)38-29-30-41-40-18-6-7-22-45(40)51-46(41)31-38/h1-31H. The van der Waals surface area contributed by atoms with Gasteiger partial charge >= 0.3 is 0 Å². The minimum absolute atomic E-state index is 0.442. The van der Waals surface area contributed by atoms with E-state index in [1.54, 1.807) is 0 Å². The molecule has 1 heterocycles. The van der Waals surface area contributed by atoms with Gasteiger partial charge < -0.3 is 4.90 Å². The fraction of sp³-hybridized carbons (Fsp3) is 0.0204. The van der Waals surface area contributed by atoms with Crippen LogP contribution in [0.1, 0.15) is 22.3 Å². The molecular formula is C49H31NS. The Balaban J connectivity index is 1.15. The zero-order valence-corrected chi connectivity index (χ0v) is 28.6. The first-order valence-corrected chi connectivity index (χ1v) is 18.4. The maximum atomic E-state index is 2.44. The summed E-state index contributed by atoms with van der Waals surface area (Å²) in [6, 6.07) is 69.8. The summed E-state index contributed by atoms with van der Waals surface area (Å²) < 4.78 is 2.61. The molecule has 0 saturated heterocycles. The van der Waals surface area contributed by atoms with Crippen LogP contribution in [0, 0.1) is 0 Å². The first-order valence-electron chi connectivity index (χ1n) is 17.6. The van der Waals surface area contributed by atoms with Gasteiger partial charge in [0.05, 0.1) is 11.1 Å². The molecule has 0 amide bonds. The highest BCUT2D eigenvalue weighted by Gasteiger charge is 2.44. The maximum Gasteiger partial charge on any atom is 0.0714 e. The summed E-state index contributed by atoms with van der Waals surface area (Å²) in [7, 11) is 0. The molecular weight excluding hydrogens is 635 g/mol. The number of anilines is 3. The first-order chi connectivity index (χ1) is 25.3. The predicted octanol–water partition coefficient (Wildman–Crippen LogP) is 13.7. The lowest BCUT2D eigenvalue weighted by atomic mass is 9.67. The molecule has 238 valence electrons. The molecule has 10 aromatic rings. The first kappa shape index (κ1) is 28.6. The van der Waals surface area contributed by atoms with Crippen LogP contribution in [0.4, 0.5) is 17.1 Å². The van der Waals surface area contributed by atoms with Gasteiger partial charge in [0.25, 0.3) is 0 Å². The number of benzene rings is 9. The van der Waals surface area contributed by atoms with E-state index in [0.29, 0.717) is 0 Å².